The number of hydrogen-bond acceptors (Lipinski definition) is 4. The Hall–Kier alpha value is -2.92. The highest BCUT2D eigenvalue weighted by Gasteiger charge is 2.14. The van der Waals surface area contributed by atoms with E-state index in [0.717, 1.165) is 47.5 Å². The number of methoxy groups -OCH3 is 1. The normalized spacial score (nSPS) is 11.0. The third-order valence-corrected chi connectivity index (χ3v) is 4.93. The van der Waals surface area contributed by atoms with Gasteiger partial charge in [0.15, 0.2) is 0 Å². The number of nitrogens with one attached hydrogen (secondary N) is 1. The van der Waals surface area contributed by atoms with Crippen LogP contribution in [0.3, 0.4) is 0 Å². The molecular weight excluding hydrogens is 350 g/mol. The molecular formula is C23H27N3O2. The van der Waals surface area contributed by atoms with Gasteiger partial charge in [-0.15, -0.1) is 0 Å². The molecule has 2 aromatic carbocycles. The number of benzene rings is 2. The van der Waals surface area contributed by atoms with Crippen molar-refractivity contribution in [2.45, 2.75) is 13.8 Å². The Morgan fingerprint density at radius 2 is 1.86 bits per heavy atom. The Labute approximate surface area is 166 Å². The minimum absolute atomic E-state index is 0.0742. The number of carbonyl (C=O) groups is 1. The van der Waals surface area contributed by atoms with E-state index in [2.05, 4.69) is 24.1 Å². The molecule has 0 saturated heterocycles. The summed E-state index contributed by atoms with van der Waals surface area (Å²) in [6, 6.07) is 17.3. The van der Waals surface area contributed by atoms with Crippen LogP contribution in [0.15, 0.2) is 54.6 Å². The maximum Gasteiger partial charge on any atom is 0.252 e. The van der Waals surface area contributed by atoms with E-state index in [0.29, 0.717) is 12.1 Å². The SMILES string of the molecule is CCN(CC)CCNC(=O)c1cc(-c2cccc(OC)c2)nc2ccccc12. The van der Waals surface area contributed by atoms with Crippen molar-refractivity contribution in [3.05, 3.63) is 60.2 Å². The average Bonchev–Trinajstić information content (AvgIpc) is 2.75. The highest BCUT2D eigenvalue weighted by molar-refractivity contribution is 6.07. The van der Waals surface area contributed by atoms with Crippen LogP contribution in [-0.4, -0.2) is 49.1 Å². The second-order valence-corrected chi connectivity index (χ2v) is 6.59. The fraction of sp³-hybridized carbons (Fsp3) is 0.304. The number of para-hydroxylation sites is 1. The van der Waals surface area contributed by atoms with Crippen molar-refractivity contribution in [2.24, 2.45) is 0 Å². The number of pyridine rings is 1. The minimum Gasteiger partial charge on any atom is -0.497 e. The van der Waals surface area contributed by atoms with Gasteiger partial charge in [0.25, 0.3) is 5.91 Å². The minimum atomic E-state index is -0.0742. The van der Waals surface area contributed by atoms with Gasteiger partial charge in [0.05, 0.1) is 23.9 Å². The van der Waals surface area contributed by atoms with Crippen LogP contribution < -0.4 is 10.1 Å². The highest BCUT2D eigenvalue weighted by atomic mass is 16.5. The van der Waals surface area contributed by atoms with Crippen LogP contribution in [0.4, 0.5) is 0 Å². The van der Waals surface area contributed by atoms with Gasteiger partial charge in [-0.25, -0.2) is 4.98 Å². The van der Waals surface area contributed by atoms with Crippen LogP contribution in [0.5, 0.6) is 5.75 Å². The third kappa shape index (κ3) is 4.49. The van der Waals surface area contributed by atoms with E-state index >= 15 is 0 Å². The van der Waals surface area contributed by atoms with Gasteiger partial charge < -0.3 is 15.0 Å². The van der Waals surface area contributed by atoms with Gasteiger partial charge in [0, 0.05) is 24.0 Å². The first-order valence-electron chi connectivity index (χ1n) is 9.71. The van der Waals surface area contributed by atoms with E-state index in [4.69, 9.17) is 9.72 Å². The Morgan fingerprint density at radius 3 is 2.61 bits per heavy atom. The lowest BCUT2D eigenvalue weighted by molar-refractivity contribution is 0.0950. The molecule has 1 amide bonds. The maximum absolute atomic E-state index is 12.9. The zero-order chi connectivity index (χ0) is 19.9. The standard InChI is InChI=1S/C23H27N3O2/c1-4-26(5-2)14-13-24-23(27)20-16-22(17-9-8-10-18(15-17)28-3)25-21-12-7-6-11-19(20)21/h6-12,15-16H,4-5,13-14H2,1-3H3,(H,24,27). The number of ether oxygens (including phenoxy) is 1. The summed E-state index contributed by atoms with van der Waals surface area (Å²) in [6.45, 7) is 7.66. The van der Waals surface area contributed by atoms with Crippen molar-refractivity contribution in [1.82, 2.24) is 15.2 Å². The molecule has 0 fully saturated rings. The van der Waals surface area contributed by atoms with Crippen molar-refractivity contribution in [3.8, 4) is 17.0 Å². The van der Waals surface area contributed by atoms with E-state index in [9.17, 15) is 4.79 Å². The summed E-state index contributed by atoms with van der Waals surface area (Å²) in [5.74, 6) is 0.688. The molecule has 0 atom stereocenters. The molecule has 3 rings (SSSR count). The van der Waals surface area contributed by atoms with Gasteiger partial charge in [0.2, 0.25) is 0 Å². The molecule has 1 N–H and O–H groups in total. The molecule has 146 valence electrons. The van der Waals surface area contributed by atoms with Gasteiger partial charge in [-0.1, -0.05) is 44.2 Å². The summed E-state index contributed by atoms with van der Waals surface area (Å²) in [5, 5.41) is 3.91. The van der Waals surface area contributed by atoms with Gasteiger partial charge in [-0.05, 0) is 37.4 Å². The summed E-state index contributed by atoms with van der Waals surface area (Å²) in [6.07, 6.45) is 0. The molecule has 3 aromatic rings. The molecule has 0 bridgehead atoms. The Morgan fingerprint density at radius 1 is 1.07 bits per heavy atom. The maximum atomic E-state index is 12.9. The molecule has 0 unspecified atom stereocenters. The molecule has 0 aliphatic carbocycles. The summed E-state index contributed by atoms with van der Waals surface area (Å²) in [4.78, 5) is 20.0. The fourth-order valence-electron chi connectivity index (χ4n) is 3.26. The second-order valence-electron chi connectivity index (χ2n) is 6.59. The second kappa shape index (κ2) is 9.33. The van der Waals surface area contributed by atoms with Gasteiger partial charge >= 0.3 is 0 Å². The summed E-state index contributed by atoms with van der Waals surface area (Å²) < 4.78 is 5.33. The molecule has 28 heavy (non-hydrogen) atoms. The molecule has 1 aromatic heterocycles. The molecule has 1 heterocycles. The van der Waals surface area contributed by atoms with Crippen LogP contribution in [0.25, 0.3) is 22.2 Å². The lowest BCUT2D eigenvalue weighted by Crippen LogP contribution is -2.34. The fourth-order valence-corrected chi connectivity index (χ4v) is 3.26. The first-order valence-corrected chi connectivity index (χ1v) is 9.71. The van der Waals surface area contributed by atoms with E-state index in [1.165, 1.54) is 0 Å². The van der Waals surface area contributed by atoms with Crippen LogP contribution in [-0.2, 0) is 0 Å². The van der Waals surface area contributed by atoms with E-state index in [1.54, 1.807) is 7.11 Å². The predicted octanol–water partition coefficient (Wildman–Crippen LogP) is 3.98. The number of hydrogen-bond donors (Lipinski definition) is 1. The lowest BCUT2D eigenvalue weighted by Gasteiger charge is -2.18. The Kier molecular flexibility index (Phi) is 6.61. The third-order valence-electron chi connectivity index (χ3n) is 4.93. The van der Waals surface area contributed by atoms with E-state index in [1.807, 2.05) is 54.6 Å². The van der Waals surface area contributed by atoms with Crippen molar-refractivity contribution in [2.75, 3.05) is 33.3 Å². The van der Waals surface area contributed by atoms with Crippen molar-refractivity contribution >= 4 is 16.8 Å². The zero-order valence-electron chi connectivity index (χ0n) is 16.7. The lowest BCUT2D eigenvalue weighted by atomic mass is 10.0. The molecule has 0 aliphatic heterocycles. The smallest absolute Gasteiger partial charge is 0.252 e. The number of fused-ring (bicyclic) bond motifs is 1. The average molecular weight is 377 g/mol. The monoisotopic (exact) mass is 377 g/mol. The number of aromatic nitrogens is 1. The molecule has 0 aliphatic rings. The van der Waals surface area contributed by atoms with E-state index in [-0.39, 0.29) is 5.91 Å². The van der Waals surface area contributed by atoms with Gasteiger partial charge in [-0.2, -0.15) is 0 Å². The van der Waals surface area contributed by atoms with Crippen LogP contribution >= 0.6 is 0 Å². The first kappa shape index (κ1) is 19.8. The van der Waals surface area contributed by atoms with Gasteiger partial charge in [0.1, 0.15) is 5.75 Å². The molecule has 5 nitrogen and oxygen atoms in total. The topological polar surface area (TPSA) is 54.5 Å². The van der Waals surface area contributed by atoms with E-state index < -0.39 is 0 Å². The Balaban J connectivity index is 1.93. The largest absolute Gasteiger partial charge is 0.497 e. The van der Waals surface area contributed by atoms with Crippen LogP contribution in [0.1, 0.15) is 24.2 Å². The quantitative estimate of drug-likeness (QED) is 0.645. The predicted molar refractivity (Wildman–Crippen MR) is 114 cm³/mol. The molecule has 0 radical (unpaired) electrons. The van der Waals surface area contributed by atoms with Crippen molar-refractivity contribution in [1.29, 1.82) is 0 Å². The number of nitrogens with zero attached hydrogens (tertiary/aromatic N) is 2. The summed E-state index contributed by atoms with van der Waals surface area (Å²) in [7, 11) is 1.64. The highest BCUT2D eigenvalue weighted by Crippen LogP contribution is 2.27. The van der Waals surface area contributed by atoms with Crippen LogP contribution in [0, 0.1) is 0 Å². The van der Waals surface area contributed by atoms with Crippen LogP contribution in [0.2, 0.25) is 0 Å². The number of rotatable bonds is 8. The van der Waals surface area contributed by atoms with Crippen molar-refractivity contribution in [3.63, 3.8) is 0 Å². The molecule has 5 heteroatoms. The molecule has 0 spiro atoms. The number of carbonyl (C=O) groups excluding carboxylic acids is 1. The number of likely N-dealkylation sites (N-methyl/N-ethyl adjacent to an activating group) is 1. The summed E-state index contributed by atoms with van der Waals surface area (Å²) in [5.41, 5.74) is 3.12. The van der Waals surface area contributed by atoms with Crippen molar-refractivity contribution < 1.29 is 9.53 Å². The Bertz CT molecular complexity index is 951. The van der Waals surface area contributed by atoms with Gasteiger partial charge in [-0.3, -0.25) is 4.79 Å². The number of amides is 1. The zero-order valence-corrected chi connectivity index (χ0v) is 16.7. The molecule has 0 saturated carbocycles. The first-order chi connectivity index (χ1) is 13.7. The summed E-state index contributed by atoms with van der Waals surface area (Å²) >= 11 is 0.